The molecule has 2 nitrogen and oxygen atoms in total. The van der Waals surface area contributed by atoms with Crippen molar-refractivity contribution in [3.8, 4) is 0 Å². The Balaban J connectivity index is 1.48. The molecule has 1 amide bonds. The number of amides is 1. The first kappa shape index (κ1) is 15.0. The molecule has 2 fully saturated rings. The molecule has 6 rings (SSSR count). The van der Waals surface area contributed by atoms with Gasteiger partial charge in [0.25, 0.3) is 0 Å². The number of hydrogen-bond donors (Lipinski definition) is 0. The van der Waals surface area contributed by atoms with Crippen molar-refractivity contribution in [2.75, 3.05) is 13.1 Å². The van der Waals surface area contributed by atoms with Crippen molar-refractivity contribution in [3.05, 3.63) is 70.8 Å². The highest BCUT2D eigenvalue weighted by Gasteiger charge is 2.59. The molecule has 0 N–H and O–H groups in total. The molecule has 2 heteroatoms. The van der Waals surface area contributed by atoms with Gasteiger partial charge in [0.05, 0.1) is 0 Å². The molecule has 2 bridgehead atoms. The van der Waals surface area contributed by atoms with Crippen LogP contribution in [-0.4, -0.2) is 23.9 Å². The zero-order chi connectivity index (χ0) is 17.3. The lowest BCUT2D eigenvalue weighted by Gasteiger charge is -2.37. The molecule has 1 heterocycles. The minimum absolute atomic E-state index is 0.143. The molecule has 3 unspecified atom stereocenters. The van der Waals surface area contributed by atoms with Crippen molar-refractivity contribution in [1.82, 2.24) is 4.90 Å². The van der Waals surface area contributed by atoms with Gasteiger partial charge < -0.3 is 4.90 Å². The van der Waals surface area contributed by atoms with E-state index >= 15 is 0 Å². The van der Waals surface area contributed by atoms with Gasteiger partial charge in [-0.1, -0.05) is 61.4 Å². The van der Waals surface area contributed by atoms with Gasteiger partial charge in [0, 0.05) is 36.3 Å². The zero-order valence-corrected chi connectivity index (χ0v) is 15.2. The second-order valence-corrected chi connectivity index (χ2v) is 8.88. The van der Waals surface area contributed by atoms with Crippen LogP contribution in [0, 0.1) is 5.92 Å². The maximum atomic E-state index is 13.2. The SMILES string of the molecule is O=C(C1CCCC1)N1CC2c3ccccc3C3CC2(C1)c1ccccc13. The van der Waals surface area contributed by atoms with E-state index in [1.807, 2.05) is 0 Å². The Kier molecular flexibility index (Phi) is 3.01. The molecule has 3 aliphatic carbocycles. The monoisotopic (exact) mass is 343 g/mol. The molecule has 1 saturated heterocycles. The molecule has 3 atom stereocenters. The van der Waals surface area contributed by atoms with Crippen molar-refractivity contribution >= 4 is 5.91 Å². The molecular formula is C24H25NO. The number of benzene rings is 2. The number of carbonyl (C=O) groups excluding carboxylic acids is 1. The molecule has 26 heavy (non-hydrogen) atoms. The van der Waals surface area contributed by atoms with Gasteiger partial charge in [-0.3, -0.25) is 4.79 Å². The molecule has 132 valence electrons. The quantitative estimate of drug-likeness (QED) is 0.742. The summed E-state index contributed by atoms with van der Waals surface area (Å²) in [5, 5.41) is 0. The Morgan fingerprint density at radius 2 is 1.62 bits per heavy atom. The largest absolute Gasteiger partial charge is 0.341 e. The van der Waals surface area contributed by atoms with E-state index in [0.29, 0.717) is 17.7 Å². The molecule has 2 aromatic carbocycles. The third-order valence-electron chi connectivity index (χ3n) is 7.75. The van der Waals surface area contributed by atoms with Crippen molar-refractivity contribution in [2.45, 2.75) is 49.4 Å². The summed E-state index contributed by atoms with van der Waals surface area (Å²) in [5.41, 5.74) is 6.18. The van der Waals surface area contributed by atoms with Gasteiger partial charge in [-0.25, -0.2) is 0 Å². The smallest absolute Gasteiger partial charge is 0.225 e. The summed E-state index contributed by atoms with van der Waals surface area (Å²) >= 11 is 0. The highest BCUT2D eigenvalue weighted by molar-refractivity contribution is 5.80. The summed E-state index contributed by atoms with van der Waals surface area (Å²) in [6, 6.07) is 18.1. The third-order valence-corrected chi connectivity index (χ3v) is 7.75. The van der Waals surface area contributed by atoms with Crippen LogP contribution in [0.2, 0.25) is 0 Å². The number of fused-ring (bicyclic) bond motifs is 3. The molecule has 0 radical (unpaired) electrons. The van der Waals surface area contributed by atoms with Crippen LogP contribution >= 0.6 is 0 Å². The fourth-order valence-corrected chi connectivity index (χ4v) is 6.65. The third kappa shape index (κ3) is 1.80. The molecule has 0 aromatic heterocycles. The second kappa shape index (κ2) is 5.22. The standard InChI is InChI=1S/C24H25NO/c26-23(16-7-1-2-8-16)25-14-22-18-10-4-3-9-17(18)20-13-24(22,15-25)21-12-6-5-11-19(20)21/h3-6,9-12,16,20,22H,1-2,7-8,13-15H2. The molecular weight excluding hydrogens is 318 g/mol. The minimum atomic E-state index is 0.143. The van der Waals surface area contributed by atoms with Crippen LogP contribution in [0.15, 0.2) is 48.5 Å². The highest BCUT2D eigenvalue weighted by atomic mass is 16.2. The minimum Gasteiger partial charge on any atom is -0.341 e. The number of rotatable bonds is 1. The van der Waals surface area contributed by atoms with Gasteiger partial charge in [-0.05, 0) is 41.5 Å². The van der Waals surface area contributed by atoms with Gasteiger partial charge in [-0.2, -0.15) is 0 Å². The van der Waals surface area contributed by atoms with Gasteiger partial charge >= 0.3 is 0 Å². The Labute approximate surface area is 155 Å². The normalized spacial score (nSPS) is 31.6. The van der Waals surface area contributed by atoms with Crippen LogP contribution in [0.3, 0.4) is 0 Å². The average molecular weight is 343 g/mol. The van der Waals surface area contributed by atoms with E-state index in [-0.39, 0.29) is 11.3 Å². The van der Waals surface area contributed by atoms with Crippen LogP contribution in [0.4, 0.5) is 0 Å². The summed E-state index contributed by atoms with van der Waals surface area (Å²) in [4.78, 5) is 15.5. The van der Waals surface area contributed by atoms with Crippen molar-refractivity contribution in [1.29, 1.82) is 0 Å². The summed E-state index contributed by atoms with van der Waals surface area (Å²) in [7, 11) is 0. The fraction of sp³-hybridized carbons (Fsp3) is 0.458. The first-order valence-corrected chi connectivity index (χ1v) is 10.2. The topological polar surface area (TPSA) is 20.3 Å². The first-order chi connectivity index (χ1) is 12.8. The van der Waals surface area contributed by atoms with E-state index in [1.165, 1.54) is 41.5 Å². The lowest BCUT2D eigenvalue weighted by atomic mass is 9.65. The van der Waals surface area contributed by atoms with E-state index in [4.69, 9.17) is 0 Å². The number of carbonyl (C=O) groups is 1. The first-order valence-electron chi connectivity index (χ1n) is 10.2. The van der Waals surface area contributed by atoms with Crippen molar-refractivity contribution < 1.29 is 4.79 Å². The summed E-state index contributed by atoms with van der Waals surface area (Å²) < 4.78 is 0. The molecule has 1 spiro atoms. The summed E-state index contributed by atoms with van der Waals surface area (Å²) in [5.74, 6) is 1.70. The lowest BCUT2D eigenvalue weighted by Crippen LogP contribution is -2.37. The number of likely N-dealkylation sites (tertiary alicyclic amines) is 1. The summed E-state index contributed by atoms with van der Waals surface area (Å²) in [6.45, 7) is 1.84. The maximum absolute atomic E-state index is 13.2. The zero-order valence-electron chi connectivity index (χ0n) is 15.2. The van der Waals surface area contributed by atoms with Crippen LogP contribution in [0.5, 0.6) is 0 Å². The van der Waals surface area contributed by atoms with Gasteiger partial charge in [0.1, 0.15) is 0 Å². The van der Waals surface area contributed by atoms with E-state index < -0.39 is 0 Å². The molecule has 1 saturated carbocycles. The van der Waals surface area contributed by atoms with Gasteiger partial charge in [0.15, 0.2) is 0 Å². The van der Waals surface area contributed by atoms with Crippen molar-refractivity contribution in [2.24, 2.45) is 5.92 Å². The predicted octanol–water partition coefficient (Wildman–Crippen LogP) is 4.59. The number of hydrogen-bond acceptors (Lipinski definition) is 1. The summed E-state index contributed by atoms with van der Waals surface area (Å²) in [6.07, 6.45) is 5.84. The van der Waals surface area contributed by atoms with Crippen LogP contribution in [-0.2, 0) is 10.2 Å². The van der Waals surface area contributed by atoms with E-state index in [1.54, 1.807) is 0 Å². The lowest BCUT2D eigenvalue weighted by molar-refractivity contribution is -0.134. The Hall–Kier alpha value is -2.09. The predicted molar refractivity (Wildman–Crippen MR) is 102 cm³/mol. The average Bonchev–Trinajstić information content (AvgIpc) is 3.41. The highest BCUT2D eigenvalue weighted by Crippen LogP contribution is 2.63. The molecule has 4 aliphatic rings. The van der Waals surface area contributed by atoms with E-state index in [2.05, 4.69) is 53.4 Å². The van der Waals surface area contributed by atoms with Crippen molar-refractivity contribution in [3.63, 3.8) is 0 Å². The fourth-order valence-electron chi connectivity index (χ4n) is 6.65. The van der Waals surface area contributed by atoms with E-state index in [0.717, 1.165) is 25.9 Å². The van der Waals surface area contributed by atoms with Gasteiger partial charge in [0.2, 0.25) is 5.91 Å². The Bertz CT molecular complexity index is 886. The van der Waals surface area contributed by atoms with Crippen LogP contribution < -0.4 is 0 Å². The Morgan fingerprint density at radius 3 is 2.42 bits per heavy atom. The number of nitrogens with zero attached hydrogens (tertiary/aromatic N) is 1. The maximum Gasteiger partial charge on any atom is 0.225 e. The second-order valence-electron chi connectivity index (χ2n) is 8.88. The molecule has 1 aliphatic heterocycles. The van der Waals surface area contributed by atoms with Crippen LogP contribution in [0.1, 0.15) is 66.2 Å². The Morgan fingerprint density at radius 1 is 0.923 bits per heavy atom. The van der Waals surface area contributed by atoms with Crippen LogP contribution in [0.25, 0.3) is 0 Å². The molecule has 2 aromatic rings. The van der Waals surface area contributed by atoms with Gasteiger partial charge in [-0.15, -0.1) is 0 Å². The van der Waals surface area contributed by atoms with E-state index in [9.17, 15) is 4.79 Å².